The van der Waals surface area contributed by atoms with Gasteiger partial charge in [-0.05, 0) is 54.7 Å². The minimum Gasteiger partial charge on any atom is -0.497 e. The van der Waals surface area contributed by atoms with Crippen LogP contribution in [-0.2, 0) is 4.79 Å². The number of hydrogen-bond acceptors (Lipinski definition) is 3. The molecule has 0 saturated carbocycles. The second-order valence-electron chi connectivity index (χ2n) is 6.68. The van der Waals surface area contributed by atoms with Crippen molar-refractivity contribution in [3.05, 3.63) is 61.2 Å². The zero-order chi connectivity index (χ0) is 19.3. The van der Waals surface area contributed by atoms with Crippen molar-refractivity contribution in [2.75, 3.05) is 7.11 Å². The normalized spacial score (nSPS) is 10.4. The van der Waals surface area contributed by atoms with Gasteiger partial charge >= 0.3 is 5.97 Å². The van der Waals surface area contributed by atoms with E-state index in [0.29, 0.717) is 12.2 Å². The quantitative estimate of drug-likeness (QED) is 0.184. The molecule has 2 aromatic carbocycles. The van der Waals surface area contributed by atoms with Gasteiger partial charge in [0.15, 0.2) is 0 Å². The lowest BCUT2D eigenvalue weighted by molar-refractivity contribution is -0.134. The molecule has 0 bridgehead atoms. The van der Waals surface area contributed by atoms with Crippen LogP contribution in [0.15, 0.2) is 61.2 Å². The van der Waals surface area contributed by atoms with Crippen LogP contribution in [0.4, 0.5) is 0 Å². The summed E-state index contributed by atoms with van der Waals surface area (Å²) in [5.74, 6) is 1.28. The number of rotatable bonds is 12. The molecule has 144 valence electrons. The summed E-state index contributed by atoms with van der Waals surface area (Å²) in [6.07, 6.45) is 10.4. The van der Waals surface area contributed by atoms with E-state index in [4.69, 9.17) is 9.47 Å². The van der Waals surface area contributed by atoms with Crippen molar-refractivity contribution < 1.29 is 14.3 Å². The van der Waals surface area contributed by atoms with Gasteiger partial charge < -0.3 is 9.47 Å². The maximum atomic E-state index is 12.0. The molecule has 0 amide bonds. The summed E-state index contributed by atoms with van der Waals surface area (Å²) in [5, 5.41) is 0. The summed E-state index contributed by atoms with van der Waals surface area (Å²) in [5.41, 5.74) is 2.18. The summed E-state index contributed by atoms with van der Waals surface area (Å²) in [4.78, 5) is 12.0. The number of unbranched alkanes of at least 4 members (excludes halogenated alkanes) is 6. The number of allylic oxidation sites excluding steroid dienone is 1. The highest BCUT2D eigenvalue weighted by molar-refractivity contribution is 5.73. The number of carbonyl (C=O) groups excluding carboxylic acids is 1. The van der Waals surface area contributed by atoms with Gasteiger partial charge in [-0.1, -0.05) is 56.0 Å². The van der Waals surface area contributed by atoms with Gasteiger partial charge in [-0.15, -0.1) is 6.58 Å². The minimum atomic E-state index is -0.154. The van der Waals surface area contributed by atoms with E-state index >= 15 is 0 Å². The zero-order valence-electron chi connectivity index (χ0n) is 16.3. The summed E-state index contributed by atoms with van der Waals surface area (Å²) in [6, 6.07) is 15.5. The van der Waals surface area contributed by atoms with Gasteiger partial charge in [-0.25, -0.2) is 0 Å². The van der Waals surface area contributed by atoms with Crippen LogP contribution in [0.25, 0.3) is 11.1 Å². The first-order valence-corrected chi connectivity index (χ1v) is 9.79. The maximum Gasteiger partial charge on any atom is 0.311 e. The molecule has 2 aromatic rings. The fourth-order valence-electron chi connectivity index (χ4n) is 2.95. The van der Waals surface area contributed by atoms with Crippen LogP contribution in [0.5, 0.6) is 11.5 Å². The van der Waals surface area contributed by atoms with E-state index in [9.17, 15) is 4.79 Å². The molecule has 3 nitrogen and oxygen atoms in total. The summed E-state index contributed by atoms with van der Waals surface area (Å²) in [6.45, 7) is 3.73. The standard InChI is InChI=1S/C24H30O3/c1-3-4-5-6-7-8-9-10-11-24(25)27-23-18-14-21(15-19-23)20-12-16-22(26-2)17-13-20/h3,12-19H,1,4-11H2,2H3. The van der Waals surface area contributed by atoms with Gasteiger partial charge in [0.25, 0.3) is 0 Å². The highest BCUT2D eigenvalue weighted by atomic mass is 16.5. The van der Waals surface area contributed by atoms with Crippen molar-refractivity contribution in [2.45, 2.75) is 51.4 Å². The molecule has 0 aliphatic carbocycles. The Morgan fingerprint density at radius 2 is 1.33 bits per heavy atom. The molecule has 3 heteroatoms. The van der Waals surface area contributed by atoms with Crippen molar-refractivity contribution >= 4 is 5.97 Å². The molecular weight excluding hydrogens is 336 g/mol. The summed E-state index contributed by atoms with van der Waals surface area (Å²) >= 11 is 0. The molecule has 27 heavy (non-hydrogen) atoms. The summed E-state index contributed by atoms with van der Waals surface area (Å²) in [7, 11) is 1.66. The molecule has 0 aliphatic heterocycles. The van der Waals surface area contributed by atoms with E-state index < -0.39 is 0 Å². The number of carbonyl (C=O) groups is 1. The van der Waals surface area contributed by atoms with Crippen molar-refractivity contribution in [3.8, 4) is 22.6 Å². The molecule has 0 aliphatic rings. The Kier molecular flexibility index (Phi) is 9.19. The Hall–Kier alpha value is -2.55. The predicted octanol–water partition coefficient (Wildman–Crippen LogP) is 6.57. The van der Waals surface area contributed by atoms with E-state index in [1.807, 2.05) is 54.6 Å². The topological polar surface area (TPSA) is 35.5 Å². The Balaban J connectivity index is 1.69. The zero-order valence-corrected chi connectivity index (χ0v) is 16.3. The van der Waals surface area contributed by atoms with Crippen molar-refractivity contribution in [1.29, 1.82) is 0 Å². The fraction of sp³-hybridized carbons (Fsp3) is 0.375. The molecule has 0 spiro atoms. The maximum absolute atomic E-state index is 12.0. The number of esters is 1. The molecule has 0 N–H and O–H groups in total. The number of ether oxygens (including phenoxy) is 2. The smallest absolute Gasteiger partial charge is 0.311 e. The lowest BCUT2D eigenvalue weighted by Gasteiger charge is -2.07. The molecule has 2 rings (SSSR count). The molecule has 0 fully saturated rings. The van der Waals surface area contributed by atoms with Crippen molar-refractivity contribution in [3.63, 3.8) is 0 Å². The first-order valence-electron chi connectivity index (χ1n) is 9.79. The average Bonchev–Trinajstić information content (AvgIpc) is 2.70. The number of methoxy groups -OCH3 is 1. The number of hydrogen-bond donors (Lipinski definition) is 0. The molecule has 0 heterocycles. The van der Waals surface area contributed by atoms with Crippen LogP contribution < -0.4 is 9.47 Å². The fourth-order valence-corrected chi connectivity index (χ4v) is 2.95. The molecule has 0 aromatic heterocycles. The Morgan fingerprint density at radius 3 is 1.89 bits per heavy atom. The van der Waals surface area contributed by atoms with Crippen LogP contribution in [-0.4, -0.2) is 13.1 Å². The highest BCUT2D eigenvalue weighted by Crippen LogP contribution is 2.24. The third kappa shape index (κ3) is 7.69. The molecule has 0 unspecified atom stereocenters. The van der Waals surface area contributed by atoms with E-state index in [2.05, 4.69) is 6.58 Å². The van der Waals surface area contributed by atoms with Gasteiger partial charge in [-0.2, -0.15) is 0 Å². The van der Waals surface area contributed by atoms with Gasteiger partial charge in [0.1, 0.15) is 11.5 Å². The predicted molar refractivity (Wildman–Crippen MR) is 111 cm³/mol. The lowest BCUT2D eigenvalue weighted by atomic mass is 10.1. The first kappa shape index (κ1) is 20.8. The molecule has 0 saturated heterocycles. The van der Waals surface area contributed by atoms with Crippen molar-refractivity contribution in [1.82, 2.24) is 0 Å². The summed E-state index contributed by atoms with van der Waals surface area (Å²) < 4.78 is 10.6. The number of benzene rings is 2. The second-order valence-corrected chi connectivity index (χ2v) is 6.68. The highest BCUT2D eigenvalue weighted by Gasteiger charge is 2.05. The minimum absolute atomic E-state index is 0.154. The lowest BCUT2D eigenvalue weighted by Crippen LogP contribution is -2.07. The van der Waals surface area contributed by atoms with Gasteiger partial charge in [0, 0.05) is 6.42 Å². The van der Waals surface area contributed by atoms with E-state index in [-0.39, 0.29) is 5.97 Å². The van der Waals surface area contributed by atoms with Crippen molar-refractivity contribution in [2.24, 2.45) is 0 Å². The van der Waals surface area contributed by atoms with Crippen LogP contribution in [0.2, 0.25) is 0 Å². The monoisotopic (exact) mass is 366 g/mol. The van der Waals surface area contributed by atoms with E-state index in [0.717, 1.165) is 36.1 Å². The molecule has 0 radical (unpaired) electrons. The van der Waals surface area contributed by atoms with Gasteiger partial charge in [0.2, 0.25) is 0 Å². The SMILES string of the molecule is C=CCCCCCCCCC(=O)Oc1ccc(-c2ccc(OC)cc2)cc1. The van der Waals surface area contributed by atoms with Gasteiger partial charge in [-0.3, -0.25) is 4.79 Å². The van der Waals surface area contributed by atoms with Crippen LogP contribution >= 0.6 is 0 Å². The average molecular weight is 367 g/mol. The molecular formula is C24H30O3. The second kappa shape index (κ2) is 11.9. The van der Waals surface area contributed by atoms with Crippen LogP contribution in [0, 0.1) is 0 Å². The third-order valence-corrected chi connectivity index (χ3v) is 4.55. The van der Waals surface area contributed by atoms with Crippen LogP contribution in [0.1, 0.15) is 51.4 Å². The third-order valence-electron chi connectivity index (χ3n) is 4.55. The Labute approximate surface area is 163 Å². The Morgan fingerprint density at radius 1 is 0.815 bits per heavy atom. The largest absolute Gasteiger partial charge is 0.497 e. The van der Waals surface area contributed by atoms with Crippen LogP contribution in [0.3, 0.4) is 0 Å². The Bertz CT molecular complexity index is 687. The molecule has 0 atom stereocenters. The van der Waals surface area contributed by atoms with E-state index in [1.54, 1.807) is 7.11 Å². The van der Waals surface area contributed by atoms with Gasteiger partial charge in [0.05, 0.1) is 7.11 Å². The first-order chi connectivity index (χ1) is 13.2. The van der Waals surface area contributed by atoms with E-state index in [1.165, 1.54) is 25.7 Å².